The van der Waals surface area contributed by atoms with Crippen molar-refractivity contribution in [3.05, 3.63) is 11.5 Å². The van der Waals surface area contributed by atoms with Gasteiger partial charge in [-0.3, -0.25) is 0 Å². The van der Waals surface area contributed by atoms with Gasteiger partial charge in [0.2, 0.25) is 5.28 Å². The molecule has 0 bridgehead atoms. The highest BCUT2D eigenvalue weighted by Crippen LogP contribution is 2.31. The second-order valence-corrected chi connectivity index (χ2v) is 6.15. The van der Waals surface area contributed by atoms with Crippen LogP contribution >= 0.6 is 11.6 Å². The average Bonchev–Trinajstić information content (AvgIpc) is 3.24. The van der Waals surface area contributed by atoms with Gasteiger partial charge in [0.1, 0.15) is 5.82 Å². The number of fused-ring (bicyclic) bond motifs is 1. The summed E-state index contributed by atoms with van der Waals surface area (Å²) in [4.78, 5) is 8.66. The van der Waals surface area contributed by atoms with Gasteiger partial charge in [0.15, 0.2) is 11.9 Å². The molecule has 0 radical (unpaired) electrons. The first-order valence-electron chi connectivity index (χ1n) is 7.57. The minimum atomic E-state index is -0.0431. The summed E-state index contributed by atoms with van der Waals surface area (Å²) in [7, 11) is 0. The van der Waals surface area contributed by atoms with E-state index >= 15 is 0 Å². The van der Waals surface area contributed by atoms with Crippen LogP contribution in [0.25, 0.3) is 11.0 Å². The van der Waals surface area contributed by atoms with Crippen LogP contribution in [0.15, 0.2) is 6.20 Å². The molecule has 2 aromatic rings. The molecule has 1 atom stereocenters. The van der Waals surface area contributed by atoms with Crippen molar-refractivity contribution >= 4 is 28.5 Å². The summed E-state index contributed by atoms with van der Waals surface area (Å²) in [6.45, 7) is 1.71. The molecule has 1 saturated heterocycles. The Labute approximate surface area is 127 Å². The Morgan fingerprint density at radius 3 is 2.95 bits per heavy atom. The van der Waals surface area contributed by atoms with Gasteiger partial charge < -0.3 is 10.1 Å². The third kappa shape index (κ3) is 2.70. The van der Waals surface area contributed by atoms with E-state index in [-0.39, 0.29) is 11.5 Å². The van der Waals surface area contributed by atoms with Crippen LogP contribution in [-0.2, 0) is 4.74 Å². The van der Waals surface area contributed by atoms with E-state index in [1.165, 1.54) is 12.8 Å². The standard InChI is InChI=1S/C14H18ClN5O/c15-14-18-12(16-7-9-4-5-9)10-8-17-20(13(10)19-14)11-3-1-2-6-21-11/h8-9,11H,1-7H2,(H,16,18,19). The summed E-state index contributed by atoms with van der Waals surface area (Å²) >= 11 is 6.08. The van der Waals surface area contributed by atoms with E-state index in [0.717, 1.165) is 55.2 Å². The molecular formula is C14H18ClN5O. The maximum atomic E-state index is 6.08. The van der Waals surface area contributed by atoms with Crippen molar-refractivity contribution < 1.29 is 4.74 Å². The van der Waals surface area contributed by atoms with E-state index in [2.05, 4.69) is 20.4 Å². The quantitative estimate of drug-likeness (QED) is 0.880. The highest BCUT2D eigenvalue weighted by molar-refractivity contribution is 6.28. The zero-order valence-electron chi connectivity index (χ0n) is 11.8. The van der Waals surface area contributed by atoms with Crippen LogP contribution in [0.1, 0.15) is 38.3 Å². The lowest BCUT2D eigenvalue weighted by Gasteiger charge is -2.23. The van der Waals surface area contributed by atoms with Crippen LogP contribution in [-0.4, -0.2) is 32.9 Å². The smallest absolute Gasteiger partial charge is 0.226 e. The minimum Gasteiger partial charge on any atom is -0.369 e. The normalized spacial score (nSPS) is 22.6. The second-order valence-electron chi connectivity index (χ2n) is 5.81. The van der Waals surface area contributed by atoms with E-state index in [4.69, 9.17) is 16.3 Å². The van der Waals surface area contributed by atoms with Gasteiger partial charge in [0, 0.05) is 13.2 Å². The maximum Gasteiger partial charge on any atom is 0.226 e. The molecule has 2 fully saturated rings. The fraction of sp³-hybridized carbons (Fsp3) is 0.643. The van der Waals surface area contributed by atoms with Crippen molar-refractivity contribution in [2.24, 2.45) is 5.92 Å². The molecule has 4 rings (SSSR count). The third-order valence-electron chi connectivity index (χ3n) is 4.11. The number of rotatable bonds is 4. The Morgan fingerprint density at radius 1 is 1.29 bits per heavy atom. The number of anilines is 1. The van der Waals surface area contributed by atoms with Gasteiger partial charge in [-0.2, -0.15) is 15.1 Å². The number of hydrogen-bond acceptors (Lipinski definition) is 5. The van der Waals surface area contributed by atoms with Gasteiger partial charge in [-0.15, -0.1) is 0 Å². The number of aromatic nitrogens is 4. The van der Waals surface area contributed by atoms with Crippen molar-refractivity contribution in [2.45, 2.75) is 38.3 Å². The molecule has 1 unspecified atom stereocenters. The van der Waals surface area contributed by atoms with Crippen LogP contribution in [0.2, 0.25) is 5.28 Å². The van der Waals surface area contributed by atoms with Crippen LogP contribution in [0.4, 0.5) is 5.82 Å². The second kappa shape index (κ2) is 5.42. The lowest BCUT2D eigenvalue weighted by atomic mass is 10.2. The largest absolute Gasteiger partial charge is 0.369 e. The van der Waals surface area contributed by atoms with Crippen molar-refractivity contribution in [3.63, 3.8) is 0 Å². The van der Waals surface area contributed by atoms with Crippen LogP contribution in [0, 0.1) is 5.92 Å². The molecule has 3 heterocycles. The monoisotopic (exact) mass is 307 g/mol. The molecule has 0 amide bonds. The summed E-state index contributed by atoms with van der Waals surface area (Å²) in [5.74, 6) is 1.55. The van der Waals surface area contributed by atoms with Gasteiger partial charge in [0.25, 0.3) is 0 Å². The molecule has 1 N–H and O–H groups in total. The lowest BCUT2D eigenvalue weighted by Crippen LogP contribution is -2.19. The molecule has 6 nitrogen and oxygen atoms in total. The Balaban J connectivity index is 1.68. The summed E-state index contributed by atoms with van der Waals surface area (Å²) in [5, 5.41) is 8.99. The molecule has 7 heteroatoms. The number of nitrogens with zero attached hydrogens (tertiary/aromatic N) is 4. The summed E-state index contributed by atoms with van der Waals surface area (Å²) in [6.07, 6.45) is 7.58. The summed E-state index contributed by atoms with van der Waals surface area (Å²) in [6, 6.07) is 0. The molecular weight excluding hydrogens is 290 g/mol. The lowest BCUT2D eigenvalue weighted by molar-refractivity contribution is -0.0370. The molecule has 2 aromatic heterocycles. The Kier molecular flexibility index (Phi) is 3.43. The Hall–Kier alpha value is -1.40. The van der Waals surface area contributed by atoms with Crippen molar-refractivity contribution in [2.75, 3.05) is 18.5 Å². The molecule has 0 aromatic carbocycles. The van der Waals surface area contributed by atoms with Gasteiger partial charge in [-0.25, -0.2) is 4.68 Å². The fourth-order valence-corrected chi connectivity index (χ4v) is 2.89. The molecule has 1 aliphatic carbocycles. The third-order valence-corrected chi connectivity index (χ3v) is 4.28. The predicted molar refractivity (Wildman–Crippen MR) is 80.4 cm³/mol. The van der Waals surface area contributed by atoms with Gasteiger partial charge >= 0.3 is 0 Å². The first kappa shape index (κ1) is 13.3. The van der Waals surface area contributed by atoms with Crippen LogP contribution in [0.5, 0.6) is 0 Å². The zero-order valence-corrected chi connectivity index (χ0v) is 12.5. The zero-order chi connectivity index (χ0) is 14.2. The molecule has 0 spiro atoms. The van der Waals surface area contributed by atoms with Crippen LogP contribution in [0.3, 0.4) is 0 Å². The number of hydrogen-bond donors (Lipinski definition) is 1. The van der Waals surface area contributed by atoms with Crippen molar-refractivity contribution in [1.29, 1.82) is 0 Å². The molecule has 1 saturated carbocycles. The van der Waals surface area contributed by atoms with Gasteiger partial charge in [-0.1, -0.05) is 0 Å². The summed E-state index contributed by atoms with van der Waals surface area (Å²) in [5.41, 5.74) is 0.750. The van der Waals surface area contributed by atoms with Crippen molar-refractivity contribution in [3.8, 4) is 0 Å². The highest BCUT2D eigenvalue weighted by atomic mass is 35.5. The van der Waals surface area contributed by atoms with Gasteiger partial charge in [0.05, 0.1) is 11.6 Å². The first-order valence-corrected chi connectivity index (χ1v) is 7.95. The van der Waals surface area contributed by atoms with E-state index in [1.807, 2.05) is 4.68 Å². The number of nitrogens with one attached hydrogen (secondary N) is 1. The van der Waals surface area contributed by atoms with E-state index in [1.54, 1.807) is 6.20 Å². The maximum absolute atomic E-state index is 6.08. The number of halogens is 1. The van der Waals surface area contributed by atoms with Gasteiger partial charge in [-0.05, 0) is 49.6 Å². The van der Waals surface area contributed by atoms with E-state index < -0.39 is 0 Å². The van der Waals surface area contributed by atoms with E-state index in [9.17, 15) is 0 Å². The number of ether oxygens (including phenoxy) is 1. The molecule has 112 valence electrons. The SMILES string of the molecule is Clc1nc(NCC2CC2)c2cnn(C3CCCCO3)c2n1. The molecule has 2 aliphatic rings. The topological polar surface area (TPSA) is 64.9 Å². The predicted octanol–water partition coefficient (Wildman–Crippen LogP) is 3.00. The van der Waals surface area contributed by atoms with Crippen LogP contribution < -0.4 is 5.32 Å². The van der Waals surface area contributed by atoms with E-state index in [0.29, 0.717) is 0 Å². The highest BCUT2D eigenvalue weighted by Gasteiger charge is 2.23. The Bertz CT molecular complexity index is 648. The minimum absolute atomic E-state index is 0.0431. The first-order chi connectivity index (χ1) is 10.3. The van der Waals surface area contributed by atoms with Crippen molar-refractivity contribution in [1.82, 2.24) is 19.7 Å². The fourth-order valence-electron chi connectivity index (χ4n) is 2.72. The summed E-state index contributed by atoms with van der Waals surface area (Å²) < 4.78 is 7.63. The average molecular weight is 308 g/mol. The Morgan fingerprint density at radius 2 is 2.19 bits per heavy atom. The molecule has 1 aliphatic heterocycles. The molecule has 21 heavy (non-hydrogen) atoms.